The summed E-state index contributed by atoms with van der Waals surface area (Å²) in [5.74, 6) is 0. The van der Waals surface area contributed by atoms with E-state index in [4.69, 9.17) is 9.63 Å². The van der Waals surface area contributed by atoms with Crippen molar-refractivity contribution >= 4 is 7.82 Å². The maximum atomic E-state index is 13.1. The number of ether oxygens (including phenoxy) is 1. The summed E-state index contributed by atoms with van der Waals surface area (Å²) in [6.45, 7) is -0.109. The van der Waals surface area contributed by atoms with Crippen LogP contribution in [0.5, 0.6) is 0 Å². The minimum Gasteiger partial charge on any atom is -0.385 e. The lowest BCUT2D eigenvalue weighted by atomic mass is 10.2. The summed E-state index contributed by atoms with van der Waals surface area (Å²) in [5, 5.41) is 18.3. The highest BCUT2D eigenvalue weighted by Crippen LogP contribution is 2.46. The lowest BCUT2D eigenvalue weighted by Crippen LogP contribution is -2.30. The van der Waals surface area contributed by atoms with E-state index in [9.17, 15) is 19.0 Å². The Kier molecular flexibility index (Phi) is 5.45. The Balaban J connectivity index is 1.81. The number of hydrogen-bond donors (Lipinski definition) is 3. The van der Waals surface area contributed by atoms with Crippen molar-refractivity contribution in [3.63, 3.8) is 0 Å². The fourth-order valence-electron chi connectivity index (χ4n) is 1.78. The largest absolute Gasteiger partial charge is 0.474 e. The molecule has 0 aliphatic carbocycles. The molecule has 1 saturated heterocycles. The predicted molar refractivity (Wildman–Crippen MR) is 68.8 cm³/mol. The van der Waals surface area contributed by atoms with Gasteiger partial charge in [-0.1, -0.05) is 30.3 Å². The molecule has 1 aliphatic rings. The third kappa shape index (κ3) is 4.55. The second kappa shape index (κ2) is 6.93. The smallest absolute Gasteiger partial charge is 0.385 e. The fraction of sp³-hybridized carbons (Fsp3) is 0.500. The summed E-state index contributed by atoms with van der Waals surface area (Å²) >= 11 is 0. The van der Waals surface area contributed by atoms with Crippen molar-refractivity contribution in [1.29, 1.82) is 0 Å². The molecule has 0 aromatic heterocycles. The lowest BCUT2D eigenvalue weighted by Gasteiger charge is -2.18. The van der Waals surface area contributed by atoms with Gasteiger partial charge in [-0.25, -0.2) is 8.96 Å². The van der Waals surface area contributed by atoms with Crippen molar-refractivity contribution in [2.24, 2.45) is 0 Å². The number of hydrogen-bond acceptors (Lipinski definition) is 6. The minimum atomic E-state index is -4.53. The van der Waals surface area contributed by atoms with E-state index >= 15 is 0 Å². The predicted octanol–water partition coefficient (Wildman–Crippen LogP) is 0.736. The molecule has 0 bridgehead atoms. The molecule has 1 unspecified atom stereocenters. The Morgan fingerprint density at radius 3 is 2.52 bits per heavy atom. The molecule has 1 aliphatic heterocycles. The summed E-state index contributed by atoms with van der Waals surface area (Å²) in [7, 11) is -4.53. The molecule has 0 radical (unpaired) electrons. The topological polar surface area (TPSA) is 105 Å². The summed E-state index contributed by atoms with van der Waals surface area (Å²) < 4.78 is 38.4. The maximum absolute atomic E-state index is 13.1. The molecule has 0 amide bonds. The number of benzene rings is 1. The Morgan fingerprint density at radius 2 is 1.95 bits per heavy atom. The number of alkyl halides is 1. The first-order chi connectivity index (χ1) is 9.89. The standard InChI is InChI=1S/C12H16FO7P/c13-9-10(14)12(19-11(9)15)20-21(16,17)18-7-6-8-4-2-1-3-5-8/h1-5,9-12,14-15H,6-7H2,(H,16,17)/t9-,10-,11-,12+/m0/s1. The monoisotopic (exact) mass is 322 g/mol. The van der Waals surface area contributed by atoms with Crippen LogP contribution in [0.15, 0.2) is 30.3 Å². The summed E-state index contributed by atoms with van der Waals surface area (Å²) in [6.07, 6.45) is -7.27. The van der Waals surface area contributed by atoms with Crippen LogP contribution in [0, 0.1) is 0 Å². The first kappa shape index (κ1) is 16.5. The van der Waals surface area contributed by atoms with Crippen molar-refractivity contribution in [3.8, 4) is 0 Å². The van der Waals surface area contributed by atoms with Crippen LogP contribution in [0.3, 0.4) is 0 Å². The van der Waals surface area contributed by atoms with Gasteiger partial charge in [0.15, 0.2) is 12.5 Å². The van der Waals surface area contributed by atoms with Crippen LogP contribution in [0.25, 0.3) is 0 Å². The van der Waals surface area contributed by atoms with Crippen LogP contribution in [0.2, 0.25) is 0 Å². The molecule has 5 atom stereocenters. The third-order valence-corrected chi connectivity index (χ3v) is 3.86. The van der Waals surface area contributed by atoms with E-state index in [0.29, 0.717) is 6.42 Å². The van der Waals surface area contributed by atoms with Crippen molar-refractivity contribution in [3.05, 3.63) is 35.9 Å². The summed E-state index contributed by atoms with van der Waals surface area (Å²) in [4.78, 5) is 9.46. The van der Waals surface area contributed by atoms with Gasteiger partial charge in [0.05, 0.1) is 6.61 Å². The van der Waals surface area contributed by atoms with Gasteiger partial charge >= 0.3 is 7.82 Å². The molecule has 0 saturated carbocycles. The Labute approximate surface area is 120 Å². The minimum absolute atomic E-state index is 0.109. The van der Waals surface area contributed by atoms with E-state index in [0.717, 1.165) is 5.56 Å². The molecule has 1 heterocycles. The first-order valence-electron chi connectivity index (χ1n) is 6.24. The Morgan fingerprint density at radius 1 is 1.29 bits per heavy atom. The molecule has 21 heavy (non-hydrogen) atoms. The van der Waals surface area contributed by atoms with Gasteiger partial charge < -0.3 is 19.8 Å². The lowest BCUT2D eigenvalue weighted by molar-refractivity contribution is -0.174. The zero-order valence-electron chi connectivity index (χ0n) is 10.9. The molecule has 7 nitrogen and oxygen atoms in total. The Bertz CT molecular complexity index is 500. The van der Waals surface area contributed by atoms with Crippen LogP contribution in [0.1, 0.15) is 5.56 Å². The highest BCUT2D eigenvalue weighted by Gasteiger charge is 2.47. The van der Waals surface area contributed by atoms with Gasteiger partial charge in [0.2, 0.25) is 6.29 Å². The van der Waals surface area contributed by atoms with Crippen LogP contribution in [-0.4, -0.2) is 46.6 Å². The third-order valence-electron chi connectivity index (χ3n) is 2.88. The Hall–Kier alpha value is -0.860. The van der Waals surface area contributed by atoms with Crippen LogP contribution in [0.4, 0.5) is 4.39 Å². The average molecular weight is 322 g/mol. The molecule has 1 aromatic rings. The summed E-state index contributed by atoms with van der Waals surface area (Å²) in [5.41, 5.74) is 0.897. The normalized spacial score (nSPS) is 32.0. The average Bonchev–Trinajstić information content (AvgIpc) is 2.67. The molecule has 1 fully saturated rings. The molecule has 1 aromatic carbocycles. The van der Waals surface area contributed by atoms with E-state index in [1.807, 2.05) is 30.3 Å². The molecule has 118 valence electrons. The highest BCUT2D eigenvalue weighted by atomic mass is 31.2. The van der Waals surface area contributed by atoms with Crippen LogP contribution >= 0.6 is 7.82 Å². The number of aliphatic hydroxyl groups is 2. The number of halogens is 1. The number of rotatable bonds is 6. The maximum Gasteiger partial charge on any atom is 0.474 e. The molecular formula is C12H16FO7P. The van der Waals surface area contributed by atoms with Gasteiger partial charge in [0.25, 0.3) is 0 Å². The van der Waals surface area contributed by atoms with Crippen molar-refractivity contribution in [2.45, 2.75) is 31.3 Å². The van der Waals surface area contributed by atoms with E-state index in [1.54, 1.807) is 0 Å². The SMILES string of the molecule is O=P(O)(OCCc1ccccc1)O[C@H]1O[C@H](O)[C@@H](F)[C@@H]1O. The van der Waals surface area contributed by atoms with Crippen molar-refractivity contribution in [2.75, 3.05) is 6.61 Å². The van der Waals surface area contributed by atoms with E-state index < -0.39 is 32.7 Å². The molecule has 9 heteroatoms. The zero-order chi connectivity index (χ0) is 15.5. The zero-order valence-corrected chi connectivity index (χ0v) is 11.8. The summed E-state index contributed by atoms with van der Waals surface area (Å²) in [6, 6.07) is 9.11. The van der Waals surface area contributed by atoms with Crippen molar-refractivity contribution < 1.29 is 37.8 Å². The van der Waals surface area contributed by atoms with Crippen LogP contribution < -0.4 is 0 Å². The van der Waals surface area contributed by atoms with E-state index in [2.05, 4.69) is 9.26 Å². The second-order valence-electron chi connectivity index (χ2n) is 4.47. The molecule has 2 rings (SSSR count). The van der Waals surface area contributed by atoms with Gasteiger partial charge in [-0.3, -0.25) is 9.05 Å². The van der Waals surface area contributed by atoms with Crippen LogP contribution in [-0.2, 0) is 24.8 Å². The fourth-order valence-corrected chi connectivity index (χ4v) is 2.60. The van der Waals surface area contributed by atoms with E-state index in [-0.39, 0.29) is 6.61 Å². The highest BCUT2D eigenvalue weighted by molar-refractivity contribution is 7.47. The van der Waals surface area contributed by atoms with Gasteiger partial charge in [0.1, 0.15) is 6.10 Å². The van der Waals surface area contributed by atoms with Gasteiger partial charge in [-0.05, 0) is 12.0 Å². The first-order valence-corrected chi connectivity index (χ1v) is 7.74. The van der Waals surface area contributed by atoms with Gasteiger partial charge in [-0.2, -0.15) is 0 Å². The van der Waals surface area contributed by atoms with E-state index in [1.165, 1.54) is 0 Å². The molecule has 3 N–H and O–H groups in total. The number of aliphatic hydroxyl groups excluding tert-OH is 2. The number of phosphoric acid groups is 1. The van der Waals surface area contributed by atoms with Gasteiger partial charge in [-0.15, -0.1) is 0 Å². The van der Waals surface area contributed by atoms with Crippen molar-refractivity contribution in [1.82, 2.24) is 0 Å². The number of phosphoric ester groups is 1. The quantitative estimate of drug-likeness (QED) is 0.663. The van der Waals surface area contributed by atoms with Gasteiger partial charge in [0, 0.05) is 0 Å². The molecule has 0 spiro atoms. The molecular weight excluding hydrogens is 306 g/mol. The second-order valence-corrected chi connectivity index (χ2v) is 5.88.